The fourth-order valence-electron chi connectivity index (χ4n) is 2.09. The highest BCUT2D eigenvalue weighted by Gasteiger charge is 2.17. The molecule has 1 saturated heterocycles. The Kier molecular flexibility index (Phi) is 3.23. The highest BCUT2D eigenvalue weighted by molar-refractivity contribution is 5.50. The van der Waals surface area contributed by atoms with Crippen molar-refractivity contribution in [3.8, 4) is 0 Å². The van der Waals surface area contributed by atoms with Crippen molar-refractivity contribution in [2.45, 2.75) is 19.5 Å². The number of piperazine rings is 1. The van der Waals surface area contributed by atoms with Gasteiger partial charge in [-0.1, -0.05) is 12.1 Å². The van der Waals surface area contributed by atoms with Crippen LogP contribution < -0.4 is 16.0 Å². The first-order valence-electron chi connectivity index (χ1n) is 5.57. The zero-order valence-electron chi connectivity index (χ0n) is 9.24. The molecule has 2 rings (SSSR count). The SMILES string of the molecule is CC1CNCCN1c1cccc(CN)c1. The smallest absolute Gasteiger partial charge is 0.0386 e. The number of hydrogen-bond acceptors (Lipinski definition) is 3. The Balaban J connectivity index is 2.19. The number of nitrogens with one attached hydrogen (secondary N) is 1. The van der Waals surface area contributed by atoms with Crippen molar-refractivity contribution >= 4 is 5.69 Å². The van der Waals surface area contributed by atoms with Gasteiger partial charge in [0.15, 0.2) is 0 Å². The van der Waals surface area contributed by atoms with Gasteiger partial charge in [-0.3, -0.25) is 0 Å². The molecule has 1 aliphatic heterocycles. The molecule has 3 N–H and O–H groups in total. The second kappa shape index (κ2) is 4.64. The molecular formula is C12H19N3. The largest absolute Gasteiger partial charge is 0.366 e. The number of hydrogen-bond donors (Lipinski definition) is 2. The van der Waals surface area contributed by atoms with Crippen LogP contribution in [0.1, 0.15) is 12.5 Å². The maximum absolute atomic E-state index is 5.65. The molecule has 0 bridgehead atoms. The fourth-order valence-corrected chi connectivity index (χ4v) is 2.09. The molecule has 1 aromatic carbocycles. The molecule has 15 heavy (non-hydrogen) atoms. The average Bonchev–Trinajstić information content (AvgIpc) is 2.30. The number of rotatable bonds is 2. The summed E-state index contributed by atoms with van der Waals surface area (Å²) in [6, 6.07) is 9.10. The molecule has 1 atom stereocenters. The van der Waals surface area contributed by atoms with Crippen LogP contribution in [0.25, 0.3) is 0 Å². The van der Waals surface area contributed by atoms with E-state index in [1.807, 2.05) is 0 Å². The topological polar surface area (TPSA) is 41.3 Å². The van der Waals surface area contributed by atoms with Crippen LogP contribution in [0, 0.1) is 0 Å². The monoisotopic (exact) mass is 205 g/mol. The minimum Gasteiger partial charge on any atom is -0.366 e. The summed E-state index contributed by atoms with van der Waals surface area (Å²) in [5.74, 6) is 0. The molecule has 0 spiro atoms. The third kappa shape index (κ3) is 2.30. The summed E-state index contributed by atoms with van der Waals surface area (Å²) in [4.78, 5) is 2.44. The molecular weight excluding hydrogens is 186 g/mol. The Bertz CT molecular complexity index is 324. The summed E-state index contributed by atoms with van der Waals surface area (Å²) >= 11 is 0. The molecule has 1 aliphatic rings. The molecule has 82 valence electrons. The lowest BCUT2D eigenvalue weighted by Crippen LogP contribution is -2.49. The third-order valence-corrected chi connectivity index (χ3v) is 2.98. The first-order chi connectivity index (χ1) is 7.31. The summed E-state index contributed by atoms with van der Waals surface area (Å²) in [7, 11) is 0. The molecule has 1 unspecified atom stereocenters. The van der Waals surface area contributed by atoms with E-state index in [4.69, 9.17) is 5.73 Å². The van der Waals surface area contributed by atoms with E-state index in [-0.39, 0.29) is 0 Å². The van der Waals surface area contributed by atoms with Crippen LogP contribution in [0.3, 0.4) is 0 Å². The van der Waals surface area contributed by atoms with Crippen molar-refractivity contribution in [3.05, 3.63) is 29.8 Å². The highest BCUT2D eigenvalue weighted by atomic mass is 15.2. The van der Waals surface area contributed by atoms with E-state index in [2.05, 4.69) is 41.4 Å². The predicted molar refractivity (Wildman–Crippen MR) is 64.0 cm³/mol. The van der Waals surface area contributed by atoms with Crippen LogP contribution in [-0.4, -0.2) is 25.7 Å². The van der Waals surface area contributed by atoms with E-state index in [1.54, 1.807) is 0 Å². The van der Waals surface area contributed by atoms with Gasteiger partial charge in [0.2, 0.25) is 0 Å². The van der Waals surface area contributed by atoms with Crippen LogP contribution in [0.4, 0.5) is 5.69 Å². The predicted octanol–water partition coefficient (Wildman–Crippen LogP) is 0.943. The van der Waals surface area contributed by atoms with Gasteiger partial charge in [-0.25, -0.2) is 0 Å². The Morgan fingerprint density at radius 1 is 1.53 bits per heavy atom. The van der Waals surface area contributed by atoms with Crippen LogP contribution in [-0.2, 0) is 6.54 Å². The van der Waals surface area contributed by atoms with E-state index in [1.165, 1.54) is 11.3 Å². The quantitative estimate of drug-likeness (QED) is 0.755. The Morgan fingerprint density at radius 3 is 3.13 bits per heavy atom. The Hall–Kier alpha value is -1.06. The summed E-state index contributed by atoms with van der Waals surface area (Å²) in [6.45, 7) is 6.08. The van der Waals surface area contributed by atoms with E-state index in [9.17, 15) is 0 Å². The zero-order valence-corrected chi connectivity index (χ0v) is 9.24. The van der Waals surface area contributed by atoms with Crippen LogP contribution >= 0.6 is 0 Å². The van der Waals surface area contributed by atoms with Gasteiger partial charge in [0.25, 0.3) is 0 Å². The molecule has 0 amide bonds. The lowest BCUT2D eigenvalue weighted by molar-refractivity contribution is 0.501. The van der Waals surface area contributed by atoms with Gasteiger partial charge < -0.3 is 16.0 Å². The summed E-state index contributed by atoms with van der Waals surface area (Å²) in [5, 5.41) is 3.40. The van der Waals surface area contributed by atoms with E-state index < -0.39 is 0 Å². The standard InChI is InChI=1S/C12H19N3/c1-10-9-14-5-6-15(10)12-4-2-3-11(7-12)8-13/h2-4,7,10,14H,5-6,8-9,13H2,1H3. The molecule has 0 radical (unpaired) electrons. The lowest BCUT2D eigenvalue weighted by Gasteiger charge is -2.36. The van der Waals surface area contributed by atoms with Gasteiger partial charge in [0, 0.05) is 37.9 Å². The Morgan fingerprint density at radius 2 is 2.40 bits per heavy atom. The minimum atomic E-state index is 0.562. The molecule has 1 aromatic rings. The van der Waals surface area contributed by atoms with Crippen molar-refractivity contribution in [1.82, 2.24) is 5.32 Å². The summed E-state index contributed by atoms with van der Waals surface area (Å²) in [6.07, 6.45) is 0. The maximum atomic E-state index is 5.65. The third-order valence-electron chi connectivity index (χ3n) is 2.98. The minimum absolute atomic E-state index is 0.562. The van der Waals surface area contributed by atoms with E-state index in [0.29, 0.717) is 12.6 Å². The van der Waals surface area contributed by atoms with Crippen LogP contribution in [0.5, 0.6) is 0 Å². The van der Waals surface area contributed by atoms with E-state index in [0.717, 1.165) is 19.6 Å². The van der Waals surface area contributed by atoms with Gasteiger partial charge in [0.1, 0.15) is 0 Å². The van der Waals surface area contributed by atoms with Gasteiger partial charge >= 0.3 is 0 Å². The molecule has 0 saturated carbocycles. The number of benzene rings is 1. The highest BCUT2D eigenvalue weighted by Crippen LogP contribution is 2.19. The Labute approximate surface area is 91.3 Å². The molecule has 1 fully saturated rings. The second-order valence-electron chi connectivity index (χ2n) is 4.12. The van der Waals surface area contributed by atoms with Crippen LogP contribution in [0.2, 0.25) is 0 Å². The fraction of sp³-hybridized carbons (Fsp3) is 0.500. The summed E-state index contributed by atoms with van der Waals surface area (Å²) < 4.78 is 0. The van der Waals surface area contributed by atoms with Crippen molar-refractivity contribution < 1.29 is 0 Å². The molecule has 0 aromatic heterocycles. The normalized spacial score (nSPS) is 21.7. The lowest BCUT2D eigenvalue weighted by atomic mass is 10.1. The van der Waals surface area contributed by atoms with Gasteiger partial charge in [-0.2, -0.15) is 0 Å². The van der Waals surface area contributed by atoms with Gasteiger partial charge in [-0.15, -0.1) is 0 Å². The van der Waals surface area contributed by atoms with Crippen molar-refractivity contribution in [2.24, 2.45) is 5.73 Å². The molecule has 0 aliphatic carbocycles. The van der Waals surface area contributed by atoms with Crippen molar-refractivity contribution in [3.63, 3.8) is 0 Å². The number of anilines is 1. The first-order valence-corrected chi connectivity index (χ1v) is 5.57. The summed E-state index contributed by atoms with van der Waals surface area (Å²) in [5.41, 5.74) is 8.16. The van der Waals surface area contributed by atoms with Crippen molar-refractivity contribution in [2.75, 3.05) is 24.5 Å². The second-order valence-corrected chi connectivity index (χ2v) is 4.12. The molecule has 3 nitrogen and oxygen atoms in total. The molecule has 3 heteroatoms. The first kappa shape index (κ1) is 10.5. The van der Waals surface area contributed by atoms with Crippen molar-refractivity contribution in [1.29, 1.82) is 0 Å². The molecule has 1 heterocycles. The number of nitrogens with zero attached hydrogens (tertiary/aromatic N) is 1. The van der Waals surface area contributed by atoms with Gasteiger partial charge in [-0.05, 0) is 24.6 Å². The average molecular weight is 205 g/mol. The van der Waals surface area contributed by atoms with Crippen LogP contribution in [0.15, 0.2) is 24.3 Å². The zero-order chi connectivity index (χ0) is 10.7. The van der Waals surface area contributed by atoms with Gasteiger partial charge in [0.05, 0.1) is 0 Å². The number of nitrogens with two attached hydrogens (primary N) is 1. The maximum Gasteiger partial charge on any atom is 0.0386 e. The van der Waals surface area contributed by atoms with E-state index >= 15 is 0 Å².